The Kier molecular flexibility index (Phi) is 4.39. The molecule has 0 unspecified atom stereocenters. The summed E-state index contributed by atoms with van der Waals surface area (Å²) in [5.74, 6) is 1.44. The number of anilines is 2. The van der Waals surface area contributed by atoms with Crippen molar-refractivity contribution in [2.24, 2.45) is 0 Å². The lowest BCUT2D eigenvalue weighted by Crippen LogP contribution is -2.60. The summed E-state index contributed by atoms with van der Waals surface area (Å²) in [6.45, 7) is 3.79. The Bertz CT molecular complexity index is 892. The van der Waals surface area contributed by atoms with E-state index in [1.54, 1.807) is 12.1 Å². The summed E-state index contributed by atoms with van der Waals surface area (Å²) in [6.07, 6.45) is 3.46. The lowest BCUT2D eigenvalue weighted by atomic mass is 9.92. The third-order valence-corrected chi connectivity index (χ3v) is 6.31. The fourth-order valence-corrected chi connectivity index (χ4v) is 4.76. The molecular formula is C21H25N5O2. The van der Waals surface area contributed by atoms with Gasteiger partial charge in [-0.15, -0.1) is 10.2 Å². The van der Waals surface area contributed by atoms with Crippen LogP contribution in [0.2, 0.25) is 0 Å². The van der Waals surface area contributed by atoms with Crippen LogP contribution < -0.4 is 10.2 Å². The first kappa shape index (κ1) is 17.4. The van der Waals surface area contributed by atoms with Crippen LogP contribution in [0.1, 0.15) is 25.7 Å². The smallest absolute Gasteiger partial charge is 0.172 e. The zero-order valence-electron chi connectivity index (χ0n) is 15.8. The van der Waals surface area contributed by atoms with Gasteiger partial charge in [-0.25, -0.2) is 0 Å². The van der Waals surface area contributed by atoms with Crippen molar-refractivity contribution in [3.8, 4) is 17.0 Å². The first-order chi connectivity index (χ1) is 13.7. The highest BCUT2D eigenvalue weighted by molar-refractivity contribution is 5.79. The van der Waals surface area contributed by atoms with Crippen LogP contribution in [-0.2, 0) is 4.79 Å². The number of phenolic OH excluding ortho intramolecular Hbond substituents is 1. The molecule has 146 valence electrons. The van der Waals surface area contributed by atoms with E-state index in [2.05, 4.69) is 25.3 Å². The number of hydrogen-bond acceptors (Lipinski definition) is 7. The molecule has 0 amide bonds. The van der Waals surface area contributed by atoms with Crippen LogP contribution in [0.4, 0.5) is 11.5 Å². The van der Waals surface area contributed by atoms with E-state index in [1.165, 1.54) is 0 Å². The van der Waals surface area contributed by atoms with Crippen molar-refractivity contribution in [3.63, 3.8) is 0 Å². The van der Waals surface area contributed by atoms with Crippen molar-refractivity contribution in [2.45, 2.75) is 37.8 Å². The fraction of sp³-hybridized carbons (Fsp3) is 0.476. The molecule has 3 aliphatic rings. The monoisotopic (exact) mass is 379 g/mol. The SMILES string of the molecule is O=C1CCC(N2CCN3c4cc(-c5ccccc5O)nnc4NC[C@H]3C2)CC1. The van der Waals surface area contributed by atoms with E-state index in [1.807, 2.05) is 18.2 Å². The van der Waals surface area contributed by atoms with E-state index in [9.17, 15) is 9.90 Å². The highest BCUT2D eigenvalue weighted by Gasteiger charge is 2.36. The van der Waals surface area contributed by atoms with Gasteiger partial charge >= 0.3 is 0 Å². The van der Waals surface area contributed by atoms with Gasteiger partial charge in [-0.3, -0.25) is 9.69 Å². The van der Waals surface area contributed by atoms with Gasteiger partial charge in [0.2, 0.25) is 0 Å². The van der Waals surface area contributed by atoms with Gasteiger partial charge in [0, 0.05) is 50.6 Å². The first-order valence-electron chi connectivity index (χ1n) is 10.1. The van der Waals surface area contributed by atoms with Crippen LogP contribution in [0.3, 0.4) is 0 Å². The second kappa shape index (κ2) is 7.05. The number of nitrogens with one attached hydrogen (secondary N) is 1. The Labute approximate surface area is 164 Å². The molecule has 1 atom stereocenters. The summed E-state index contributed by atoms with van der Waals surface area (Å²) in [5.41, 5.74) is 2.45. The fourth-order valence-electron chi connectivity index (χ4n) is 4.76. The number of carbonyl (C=O) groups excluding carboxylic acids is 1. The van der Waals surface area contributed by atoms with Crippen LogP contribution in [0, 0.1) is 0 Å². The predicted octanol–water partition coefficient (Wildman–Crippen LogP) is 2.28. The van der Waals surface area contributed by atoms with Gasteiger partial charge in [0.05, 0.1) is 17.4 Å². The minimum absolute atomic E-state index is 0.216. The van der Waals surface area contributed by atoms with Gasteiger partial charge in [-0.1, -0.05) is 12.1 Å². The number of hydrogen-bond donors (Lipinski definition) is 2. The number of phenols is 1. The van der Waals surface area contributed by atoms with Gasteiger partial charge in [0.15, 0.2) is 5.82 Å². The predicted molar refractivity (Wildman–Crippen MR) is 108 cm³/mol. The molecule has 1 saturated carbocycles. The maximum absolute atomic E-state index is 11.6. The number of aromatic hydroxyl groups is 1. The van der Waals surface area contributed by atoms with Crippen LogP contribution in [0.25, 0.3) is 11.3 Å². The van der Waals surface area contributed by atoms with Crippen molar-refractivity contribution < 1.29 is 9.90 Å². The van der Waals surface area contributed by atoms with E-state index in [4.69, 9.17) is 0 Å². The molecule has 2 N–H and O–H groups in total. The number of fused-ring (bicyclic) bond motifs is 3. The maximum Gasteiger partial charge on any atom is 0.172 e. The topological polar surface area (TPSA) is 81.6 Å². The number of Topliss-reactive ketones (excluding diaryl/α,β-unsaturated/α-hetero) is 1. The number of carbonyl (C=O) groups is 1. The Morgan fingerprint density at radius 1 is 1.07 bits per heavy atom. The summed E-state index contributed by atoms with van der Waals surface area (Å²) in [5, 5.41) is 22.3. The molecule has 0 radical (unpaired) electrons. The van der Waals surface area contributed by atoms with Crippen molar-refractivity contribution >= 4 is 17.3 Å². The summed E-state index contributed by atoms with van der Waals surface area (Å²) < 4.78 is 0. The van der Waals surface area contributed by atoms with Crippen molar-refractivity contribution in [1.29, 1.82) is 0 Å². The highest BCUT2D eigenvalue weighted by Crippen LogP contribution is 2.36. The van der Waals surface area contributed by atoms with Crippen molar-refractivity contribution in [2.75, 3.05) is 36.4 Å². The Hall–Kier alpha value is -2.67. The van der Waals surface area contributed by atoms with Crippen molar-refractivity contribution in [1.82, 2.24) is 15.1 Å². The molecular weight excluding hydrogens is 354 g/mol. The Morgan fingerprint density at radius 3 is 2.71 bits per heavy atom. The molecule has 0 bridgehead atoms. The molecule has 5 rings (SSSR count). The molecule has 2 fully saturated rings. The second-order valence-electron chi connectivity index (χ2n) is 7.97. The number of benzene rings is 1. The van der Waals surface area contributed by atoms with E-state index in [0.717, 1.165) is 63.4 Å². The number of nitrogens with zero attached hydrogens (tertiary/aromatic N) is 4. The zero-order valence-corrected chi connectivity index (χ0v) is 15.8. The lowest BCUT2D eigenvalue weighted by molar-refractivity contribution is -0.121. The molecule has 1 aliphatic carbocycles. The molecule has 28 heavy (non-hydrogen) atoms. The second-order valence-corrected chi connectivity index (χ2v) is 7.97. The van der Waals surface area contributed by atoms with E-state index in [-0.39, 0.29) is 5.75 Å². The summed E-state index contributed by atoms with van der Waals surface area (Å²) >= 11 is 0. The molecule has 1 saturated heterocycles. The van der Waals surface area contributed by atoms with Crippen LogP contribution in [-0.4, -0.2) is 64.2 Å². The number of ketones is 1. The normalized spacial score (nSPS) is 23.1. The minimum atomic E-state index is 0.216. The average molecular weight is 379 g/mol. The molecule has 3 heterocycles. The lowest BCUT2D eigenvalue weighted by Gasteiger charge is -2.48. The standard InChI is InChI=1S/C21H25N5O2/c27-16-7-5-14(6-8-16)25-9-10-26-15(13-25)12-22-21-19(26)11-18(23-24-21)17-3-1-2-4-20(17)28/h1-4,11,14-15,28H,5-10,12-13H2,(H,22,24)/t15-/m0/s1. The first-order valence-corrected chi connectivity index (χ1v) is 10.1. The molecule has 7 heteroatoms. The zero-order chi connectivity index (χ0) is 19.1. The summed E-state index contributed by atoms with van der Waals surface area (Å²) in [6, 6.07) is 10.2. The Balaban J connectivity index is 1.37. The average Bonchev–Trinajstić information content (AvgIpc) is 2.74. The number of piperazine rings is 1. The van der Waals surface area contributed by atoms with Gasteiger partial charge in [0.1, 0.15) is 11.5 Å². The molecule has 1 aromatic carbocycles. The molecule has 1 aromatic heterocycles. The summed E-state index contributed by atoms with van der Waals surface area (Å²) in [4.78, 5) is 16.6. The quantitative estimate of drug-likeness (QED) is 0.828. The molecule has 2 aliphatic heterocycles. The molecule has 7 nitrogen and oxygen atoms in total. The van der Waals surface area contributed by atoms with Gasteiger partial charge in [0.25, 0.3) is 0 Å². The summed E-state index contributed by atoms with van der Waals surface area (Å²) in [7, 11) is 0. The van der Waals surface area contributed by atoms with Gasteiger partial charge in [-0.2, -0.15) is 0 Å². The van der Waals surface area contributed by atoms with Gasteiger partial charge < -0.3 is 15.3 Å². The molecule has 0 spiro atoms. The number of para-hydroxylation sites is 1. The largest absolute Gasteiger partial charge is 0.507 e. The van der Waals surface area contributed by atoms with E-state index >= 15 is 0 Å². The van der Waals surface area contributed by atoms with E-state index < -0.39 is 0 Å². The van der Waals surface area contributed by atoms with E-state index in [0.29, 0.717) is 29.1 Å². The number of aromatic nitrogens is 2. The van der Waals surface area contributed by atoms with Crippen molar-refractivity contribution in [3.05, 3.63) is 30.3 Å². The molecule has 2 aromatic rings. The van der Waals surface area contributed by atoms with Crippen LogP contribution in [0.15, 0.2) is 30.3 Å². The third-order valence-electron chi connectivity index (χ3n) is 6.31. The van der Waals surface area contributed by atoms with Gasteiger partial charge in [-0.05, 0) is 31.0 Å². The maximum atomic E-state index is 11.6. The van der Waals surface area contributed by atoms with Crippen LogP contribution in [0.5, 0.6) is 5.75 Å². The third kappa shape index (κ3) is 3.09. The van der Waals surface area contributed by atoms with Crippen LogP contribution >= 0.6 is 0 Å². The Morgan fingerprint density at radius 2 is 1.89 bits per heavy atom. The minimum Gasteiger partial charge on any atom is -0.507 e. The number of rotatable bonds is 2. The highest BCUT2D eigenvalue weighted by atomic mass is 16.3.